The number of phenolic OH excluding ortho intramolecular Hbond substituents is 2. The lowest BCUT2D eigenvalue weighted by atomic mass is 10.1. The van der Waals surface area contributed by atoms with Gasteiger partial charge in [-0.15, -0.1) is 0 Å². The van der Waals surface area contributed by atoms with E-state index in [1.165, 1.54) is 0 Å². The Labute approximate surface area is 91.9 Å². The molecule has 0 saturated heterocycles. The monoisotopic (exact) mass is 231 g/mol. The molecular weight excluding hydrogens is 217 g/mol. The average molecular weight is 231 g/mol. The van der Waals surface area contributed by atoms with E-state index >= 15 is 0 Å². The van der Waals surface area contributed by atoms with Crippen LogP contribution in [-0.4, -0.2) is 28.2 Å². The van der Waals surface area contributed by atoms with Crippen LogP contribution in [0.3, 0.4) is 0 Å². The van der Waals surface area contributed by atoms with Crippen LogP contribution in [0.5, 0.6) is 11.5 Å². The van der Waals surface area contributed by atoms with Crippen molar-refractivity contribution in [2.45, 2.75) is 19.3 Å². The van der Waals surface area contributed by atoms with Gasteiger partial charge >= 0.3 is 0 Å². The number of aliphatic hydroxyl groups excluding tert-OH is 1. The van der Waals surface area contributed by atoms with Gasteiger partial charge in [0.25, 0.3) is 0 Å². The van der Waals surface area contributed by atoms with E-state index in [1.807, 2.05) is 0 Å². The van der Waals surface area contributed by atoms with Gasteiger partial charge in [-0.1, -0.05) is 0 Å². The van der Waals surface area contributed by atoms with Crippen LogP contribution in [0.2, 0.25) is 0 Å². The molecule has 6 heteroatoms. The Hall–Kier alpha value is -1.37. The maximum Gasteiger partial charge on any atom is 0.160 e. The highest BCUT2D eigenvalue weighted by molar-refractivity contribution is 5.42. The van der Waals surface area contributed by atoms with Crippen LogP contribution in [0, 0.1) is 5.82 Å². The second kappa shape index (κ2) is 5.11. The molecule has 0 radical (unpaired) electrons. The molecule has 1 aromatic carbocycles. The number of nitrogens with two attached hydrogens (primary N) is 1. The lowest BCUT2D eigenvalue weighted by molar-refractivity contribution is -0.0315. The smallest absolute Gasteiger partial charge is 0.160 e. The standard InChI is InChI=1S/C10H14FNO4/c1-2-16-10(12)9(15)5-3-7(13)8(14)4-6(5)11/h3-4,9-10,13-15H,2,12H2,1H3/t9-,10+/m0/s1. The maximum absolute atomic E-state index is 13.3. The summed E-state index contributed by atoms with van der Waals surface area (Å²) in [5.41, 5.74) is 5.21. The highest BCUT2D eigenvalue weighted by Crippen LogP contribution is 2.31. The van der Waals surface area contributed by atoms with Crippen molar-refractivity contribution in [2.24, 2.45) is 5.73 Å². The summed E-state index contributed by atoms with van der Waals surface area (Å²) in [6.07, 6.45) is -2.50. The lowest BCUT2D eigenvalue weighted by Gasteiger charge is -2.19. The SMILES string of the molecule is CCO[C@@H](N)[C@@H](O)c1cc(O)c(O)cc1F. The number of halogens is 1. The van der Waals surface area contributed by atoms with Crippen molar-refractivity contribution in [3.8, 4) is 11.5 Å². The summed E-state index contributed by atoms with van der Waals surface area (Å²) < 4.78 is 18.2. The van der Waals surface area contributed by atoms with Crippen molar-refractivity contribution < 1.29 is 24.4 Å². The summed E-state index contributed by atoms with van der Waals surface area (Å²) in [7, 11) is 0. The topological polar surface area (TPSA) is 95.9 Å². The second-order valence-electron chi connectivity index (χ2n) is 3.23. The summed E-state index contributed by atoms with van der Waals surface area (Å²) in [4.78, 5) is 0. The molecular formula is C10H14FNO4. The third kappa shape index (κ3) is 2.60. The van der Waals surface area contributed by atoms with E-state index in [0.717, 1.165) is 6.07 Å². The van der Waals surface area contributed by atoms with Gasteiger partial charge in [-0.05, 0) is 13.0 Å². The summed E-state index contributed by atoms with van der Waals surface area (Å²) >= 11 is 0. The first kappa shape index (κ1) is 12.7. The Bertz CT molecular complexity index is 372. The molecule has 90 valence electrons. The van der Waals surface area contributed by atoms with Crippen LogP contribution < -0.4 is 5.73 Å². The quantitative estimate of drug-likeness (QED) is 0.449. The fourth-order valence-electron chi connectivity index (χ4n) is 1.25. The van der Waals surface area contributed by atoms with Gasteiger partial charge in [-0.25, -0.2) is 4.39 Å². The number of ether oxygens (including phenoxy) is 1. The molecule has 0 amide bonds. The van der Waals surface area contributed by atoms with E-state index < -0.39 is 29.6 Å². The van der Waals surface area contributed by atoms with Gasteiger partial charge in [-0.2, -0.15) is 0 Å². The van der Waals surface area contributed by atoms with E-state index in [1.54, 1.807) is 6.92 Å². The summed E-state index contributed by atoms with van der Waals surface area (Å²) in [5.74, 6) is -1.99. The zero-order chi connectivity index (χ0) is 12.3. The zero-order valence-corrected chi connectivity index (χ0v) is 8.72. The average Bonchev–Trinajstić information content (AvgIpc) is 2.23. The van der Waals surface area contributed by atoms with Gasteiger partial charge in [0.1, 0.15) is 18.1 Å². The molecule has 0 aliphatic heterocycles. The van der Waals surface area contributed by atoms with Crippen molar-refractivity contribution in [3.05, 3.63) is 23.5 Å². The first-order valence-electron chi connectivity index (χ1n) is 4.74. The van der Waals surface area contributed by atoms with Crippen LogP contribution in [0.15, 0.2) is 12.1 Å². The molecule has 0 aliphatic carbocycles. The lowest BCUT2D eigenvalue weighted by Crippen LogP contribution is -2.31. The molecule has 16 heavy (non-hydrogen) atoms. The van der Waals surface area contributed by atoms with E-state index in [2.05, 4.69) is 0 Å². The van der Waals surface area contributed by atoms with Crippen LogP contribution >= 0.6 is 0 Å². The predicted molar refractivity (Wildman–Crippen MR) is 54.3 cm³/mol. The Morgan fingerprint density at radius 1 is 1.38 bits per heavy atom. The first-order valence-corrected chi connectivity index (χ1v) is 4.74. The number of aliphatic hydroxyl groups is 1. The largest absolute Gasteiger partial charge is 0.504 e. The fourth-order valence-corrected chi connectivity index (χ4v) is 1.25. The molecule has 1 aromatic rings. The number of rotatable bonds is 4. The molecule has 0 heterocycles. The molecule has 0 spiro atoms. The van der Waals surface area contributed by atoms with E-state index in [0.29, 0.717) is 6.07 Å². The van der Waals surface area contributed by atoms with Gasteiger partial charge in [0, 0.05) is 18.2 Å². The summed E-state index contributed by atoms with van der Waals surface area (Å²) in [6, 6.07) is 1.61. The summed E-state index contributed by atoms with van der Waals surface area (Å²) in [6.45, 7) is 1.95. The molecule has 0 bridgehead atoms. The minimum Gasteiger partial charge on any atom is -0.504 e. The molecule has 1 rings (SSSR count). The summed E-state index contributed by atoms with van der Waals surface area (Å²) in [5, 5.41) is 27.8. The Balaban J connectivity index is 2.99. The molecule has 0 aliphatic rings. The number of benzene rings is 1. The predicted octanol–water partition coefficient (Wildman–Crippen LogP) is 0.592. The molecule has 0 aromatic heterocycles. The van der Waals surface area contributed by atoms with Gasteiger partial charge in [0.2, 0.25) is 0 Å². The molecule has 0 saturated carbocycles. The molecule has 0 unspecified atom stereocenters. The number of aromatic hydroxyl groups is 2. The normalized spacial score (nSPS) is 14.8. The van der Waals surface area contributed by atoms with E-state index in [-0.39, 0.29) is 12.2 Å². The first-order chi connectivity index (χ1) is 7.47. The molecule has 5 nitrogen and oxygen atoms in total. The van der Waals surface area contributed by atoms with E-state index in [4.69, 9.17) is 15.6 Å². The molecule has 2 atom stereocenters. The van der Waals surface area contributed by atoms with Crippen molar-refractivity contribution in [2.75, 3.05) is 6.61 Å². The minimum atomic E-state index is -1.41. The Kier molecular flexibility index (Phi) is 4.05. The maximum atomic E-state index is 13.3. The highest BCUT2D eigenvalue weighted by atomic mass is 19.1. The third-order valence-electron chi connectivity index (χ3n) is 2.08. The zero-order valence-electron chi connectivity index (χ0n) is 8.72. The van der Waals surface area contributed by atoms with Gasteiger partial charge in [0.05, 0.1) is 0 Å². The van der Waals surface area contributed by atoms with Crippen LogP contribution in [0.4, 0.5) is 4.39 Å². The van der Waals surface area contributed by atoms with Crippen molar-refractivity contribution in [1.29, 1.82) is 0 Å². The van der Waals surface area contributed by atoms with Gasteiger partial charge in [-0.3, -0.25) is 0 Å². The highest BCUT2D eigenvalue weighted by Gasteiger charge is 2.22. The fraction of sp³-hybridized carbons (Fsp3) is 0.400. The molecule has 0 fully saturated rings. The number of phenols is 2. The van der Waals surface area contributed by atoms with Gasteiger partial charge < -0.3 is 25.8 Å². The Morgan fingerprint density at radius 3 is 2.50 bits per heavy atom. The van der Waals surface area contributed by atoms with Crippen molar-refractivity contribution >= 4 is 0 Å². The Morgan fingerprint density at radius 2 is 1.94 bits per heavy atom. The minimum absolute atomic E-state index is 0.226. The van der Waals surface area contributed by atoms with Crippen molar-refractivity contribution in [3.63, 3.8) is 0 Å². The number of hydrogen-bond acceptors (Lipinski definition) is 5. The van der Waals surface area contributed by atoms with Crippen LogP contribution in [-0.2, 0) is 4.74 Å². The third-order valence-corrected chi connectivity index (χ3v) is 2.08. The van der Waals surface area contributed by atoms with Crippen molar-refractivity contribution in [1.82, 2.24) is 0 Å². The van der Waals surface area contributed by atoms with Gasteiger partial charge in [0.15, 0.2) is 11.5 Å². The van der Waals surface area contributed by atoms with Crippen LogP contribution in [0.1, 0.15) is 18.6 Å². The van der Waals surface area contributed by atoms with Crippen LogP contribution in [0.25, 0.3) is 0 Å². The van der Waals surface area contributed by atoms with E-state index in [9.17, 15) is 14.6 Å². The number of hydrogen-bond donors (Lipinski definition) is 4. The molecule has 5 N–H and O–H groups in total. The second-order valence-corrected chi connectivity index (χ2v) is 3.23.